The van der Waals surface area contributed by atoms with Gasteiger partial charge in [-0.15, -0.1) is 0 Å². The molecule has 1 fully saturated rings. The molecular weight excluding hydrogens is 164 g/mol. The molecule has 2 nitrogen and oxygen atoms in total. The molecule has 0 N–H and O–H groups in total. The smallest absolute Gasteiger partial charge is 0.160 e. The number of hydrogen-bond acceptors (Lipinski definition) is 2. The lowest BCUT2D eigenvalue weighted by molar-refractivity contribution is -0.237. The minimum absolute atomic E-state index is 0.00356. The lowest BCUT2D eigenvalue weighted by Gasteiger charge is -2.42. The van der Waals surface area contributed by atoms with E-state index in [2.05, 4.69) is 27.7 Å². The summed E-state index contributed by atoms with van der Waals surface area (Å²) in [6, 6.07) is 0. The van der Waals surface area contributed by atoms with E-state index in [0.29, 0.717) is 23.9 Å². The summed E-state index contributed by atoms with van der Waals surface area (Å²) in [7, 11) is 1.73. The molecule has 0 spiro atoms. The fraction of sp³-hybridized carbons (Fsp3) is 1.00. The highest BCUT2D eigenvalue weighted by Crippen LogP contribution is 2.36. The third-order valence-electron chi connectivity index (χ3n) is 3.62. The summed E-state index contributed by atoms with van der Waals surface area (Å²) >= 11 is 0. The second-order valence-corrected chi connectivity index (χ2v) is 4.26. The van der Waals surface area contributed by atoms with E-state index >= 15 is 0 Å². The van der Waals surface area contributed by atoms with Crippen LogP contribution in [0.3, 0.4) is 0 Å². The first-order chi connectivity index (χ1) is 6.11. The zero-order valence-corrected chi connectivity index (χ0v) is 9.41. The van der Waals surface area contributed by atoms with E-state index in [0.717, 1.165) is 6.42 Å². The topological polar surface area (TPSA) is 18.5 Å². The third kappa shape index (κ3) is 2.05. The Labute approximate surface area is 81.6 Å². The molecule has 0 aromatic rings. The van der Waals surface area contributed by atoms with Crippen LogP contribution in [0.2, 0.25) is 0 Å². The Bertz CT molecular complexity index is 138. The van der Waals surface area contributed by atoms with Gasteiger partial charge < -0.3 is 9.47 Å². The highest BCUT2D eigenvalue weighted by atomic mass is 16.7. The molecule has 0 radical (unpaired) electrons. The average molecular weight is 186 g/mol. The maximum atomic E-state index is 5.86. The summed E-state index contributed by atoms with van der Waals surface area (Å²) in [5.41, 5.74) is 0. The monoisotopic (exact) mass is 186 g/mol. The zero-order chi connectivity index (χ0) is 10.0. The van der Waals surface area contributed by atoms with Crippen LogP contribution in [0.4, 0.5) is 0 Å². The Balaban J connectivity index is 2.66. The third-order valence-corrected chi connectivity index (χ3v) is 3.62. The molecule has 2 unspecified atom stereocenters. The van der Waals surface area contributed by atoms with E-state index in [9.17, 15) is 0 Å². The second kappa shape index (κ2) is 4.43. The predicted molar refractivity (Wildman–Crippen MR) is 53.5 cm³/mol. The summed E-state index contributed by atoms with van der Waals surface area (Å²) in [5.74, 6) is 1.83. The van der Waals surface area contributed by atoms with Crippen LogP contribution in [0, 0.1) is 17.8 Å². The highest BCUT2D eigenvalue weighted by Gasteiger charge is 2.38. The van der Waals surface area contributed by atoms with Gasteiger partial charge in [0.2, 0.25) is 0 Å². The average Bonchev–Trinajstić information content (AvgIpc) is 2.15. The lowest BCUT2D eigenvalue weighted by atomic mass is 9.78. The van der Waals surface area contributed by atoms with Gasteiger partial charge >= 0.3 is 0 Å². The Kier molecular flexibility index (Phi) is 3.74. The van der Waals surface area contributed by atoms with Crippen LogP contribution in [0.25, 0.3) is 0 Å². The first-order valence-electron chi connectivity index (χ1n) is 5.30. The standard InChI is InChI=1S/C11H22O2/c1-6-10-8(3)7(2)9(4)11(12-5)13-10/h7-11H,6H2,1-5H3/t7-,8-,9?,10?,11+/m1/s1. The van der Waals surface area contributed by atoms with E-state index in [-0.39, 0.29) is 6.29 Å². The van der Waals surface area contributed by atoms with Gasteiger partial charge in [0.1, 0.15) is 0 Å². The Morgan fingerprint density at radius 1 is 1.08 bits per heavy atom. The first kappa shape index (κ1) is 11.0. The number of methoxy groups -OCH3 is 1. The molecule has 0 aliphatic carbocycles. The number of rotatable bonds is 2. The molecule has 13 heavy (non-hydrogen) atoms. The van der Waals surface area contributed by atoms with Gasteiger partial charge in [0, 0.05) is 13.0 Å². The van der Waals surface area contributed by atoms with Crippen molar-refractivity contribution in [2.75, 3.05) is 7.11 Å². The van der Waals surface area contributed by atoms with E-state index in [1.807, 2.05) is 0 Å². The van der Waals surface area contributed by atoms with E-state index in [1.54, 1.807) is 7.11 Å². The van der Waals surface area contributed by atoms with Crippen molar-refractivity contribution in [3.63, 3.8) is 0 Å². The highest BCUT2D eigenvalue weighted by molar-refractivity contribution is 4.81. The van der Waals surface area contributed by atoms with E-state index in [1.165, 1.54) is 0 Å². The van der Waals surface area contributed by atoms with Gasteiger partial charge in [-0.2, -0.15) is 0 Å². The van der Waals surface area contributed by atoms with Crippen molar-refractivity contribution in [2.45, 2.75) is 46.5 Å². The van der Waals surface area contributed by atoms with Crippen LogP contribution in [0.5, 0.6) is 0 Å². The van der Waals surface area contributed by atoms with Gasteiger partial charge in [-0.05, 0) is 18.3 Å². The van der Waals surface area contributed by atoms with Crippen molar-refractivity contribution in [1.82, 2.24) is 0 Å². The fourth-order valence-electron chi connectivity index (χ4n) is 2.22. The Morgan fingerprint density at radius 3 is 2.15 bits per heavy atom. The Morgan fingerprint density at radius 2 is 1.69 bits per heavy atom. The molecule has 0 amide bonds. The number of hydrogen-bond donors (Lipinski definition) is 0. The summed E-state index contributed by atoms with van der Waals surface area (Å²) in [4.78, 5) is 0. The predicted octanol–water partition coefficient (Wildman–Crippen LogP) is 2.68. The maximum absolute atomic E-state index is 5.86. The summed E-state index contributed by atoms with van der Waals surface area (Å²) < 4.78 is 11.2. The molecule has 0 aromatic heterocycles. The molecule has 1 heterocycles. The molecule has 5 atom stereocenters. The summed E-state index contributed by atoms with van der Waals surface area (Å²) in [5, 5.41) is 0. The molecule has 1 aliphatic rings. The molecule has 1 aliphatic heterocycles. The van der Waals surface area contributed by atoms with Crippen molar-refractivity contribution in [3.05, 3.63) is 0 Å². The first-order valence-corrected chi connectivity index (χ1v) is 5.30. The molecular formula is C11H22O2. The molecule has 0 saturated carbocycles. The van der Waals surface area contributed by atoms with Crippen molar-refractivity contribution >= 4 is 0 Å². The van der Waals surface area contributed by atoms with Crippen LogP contribution in [0.1, 0.15) is 34.1 Å². The van der Waals surface area contributed by atoms with Crippen LogP contribution in [-0.4, -0.2) is 19.5 Å². The largest absolute Gasteiger partial charge is 0.356 e. The van der Waals surface area contributed by atoms with Gasteiger partial charge in [-0.3, -0.25) is 0 Å². The van der Waals surface area contributed by atoms with Crippen molar-refractivity contribution in [2.24, 2.45) is 17.8 Å². The quantitative estimate of drug-likeness (QED) is 0.660. The number of ether oxygens (including phenoxy) is 2. The van der Waals surface area contributed by atoms with Crippen molar-refractivity contribution < 1.29 is 9.47 Å². The molecule has 1 saturated heterocycles. The van der Waals surface area contributed by atoms with Gasteiger partial charge in [0.25, 0.3) is 0 Å². The maximum Gasteiger partial charge on any atom is 0.160 e. The minimum Gasteiger partial charge on any atom is -0.356 e. The zero-order valence-electron chi connectivity index (χ0n) is 9.41. The van der Waals surface area contributed by atoms with Gasteiger partial charge in [0.15, 0.2) is 6.29 Å². The molecule has 2 heteroatoms. The second-order valence-electron chi connectivity index (χ2n) is 4.26. The molecule has 78 valence electrons. The molecule has 0 bridgehead atoms. The van der Waals surface area contributed by atoms with Gasteiger partial charge in [0.05, 0.1) is 6.10 Å². The summed E-state index contributed by atoms with van der Waals surface area (Å²) in [6.45, 7) is 8.96. The van der Waals surface area contributed by atoms with Crippen LogP contribution < -0.4 is 0 Å². The van der Waals surface area contributed by atoms with Crippen LogP contribution >= 0.6 is 0 Å². The SMILES string of the molecule is CCC1O[C@H](OC)C(C)[C@H](C)[C@H]1C. The van der Waals surface area contributed by atoms with Gasteiger partial charge in [-0.25, -0.2) is 0 Å². The lowest BCUT2D eigenvalue weighted by Crippen LogP contribution is -2.45. The normalized spacial score (nSPS) is 46.4. The minimum atomic E-state index is -0.00356. The summed E-state index contributed by atoms with van der Waals surface area (Å²) in [6.07, 6.45) is 1.45. The van der Waals surface area contributed by atoms with Crippen LogP contribution in [0.15, 0.2) is 0 Å². The van der Waals surface area contributed by atoms with Gasteiger partial charge in [-0.1, -0.05) is 27.7 Å². The fourth-order valence-corrected chi connectivity index (χ4v) is 2.22. The van der Waals surface area contributed by atoms with E-state index < -0.39 is 0 Å². The van der Waals surface area contributed by atoms with Crippen LogP contribution in [-0.2, 0) is 9.47 Å². The molecule has 0 aromatic carbocycles. The molecule has 1 rings (SSSR count). The Hall–Kier alpha value is -0.0800. The van der Waals surface area contributed by atoms with Crippen molar-refractivity contribution in [1.29, 1.82) is 0 Å². The van der Waals surface area contributed by atoms with Crippen molar-refractivity contribution in [3.8, 4) is 0 Å². The van der Waals surface area contributed by atoms with E-state index in [4.69, 9.17) is 9.47 Å².